The molecule has 2 aromatic carbocycles. The molecule has 0 amide bonds. The first-order valence-corrected chi connectivity index (χ1v) is 7.99. The van der Waals surface area contributed by atoms with Gasteiger partial charge in [-0.15, -0.1) is 0 Å². The van der Waals surface area contributed by atoms with E-state index in [0.717, 1.165) is 22.9 Å². The molecule has 21 heavy (non-hydrogen) atoms. The molecular formula is C18H17BrO2. The van der Waals surface area contributed by atoms with Gasteiger partial charge in [-0.2, -0.15) is 0 Å². The van der Waals surface area contributed by atoms with Crippen molar-refractivity contribution in [1.29, 1.82) is 0 Å². The van der Waals surface area contributed by atoms with Crippen molar-refractivity contribution >= 4 is 21.9 Å². The monoisotopic (exact) mass is 344 g/mol. The minimum absolute atomic E-state index is 0.111. The van der Waals surface area contributed by atoms with Crippen LogP contribution in [-0.4, -0.2) is 5.97 Å². The minimum Gasteiger partial charge on any atom is -0.461 e. The Bertz CT molecular complexity index is 637. The molecule has 0 radical (unpaired) electrons. The molecule has 2 aromatic rings. The number of carbonyl (C=O) groups excluding carboxylic acids is 1. The first-order valence-electron chi connectivity index (χ1n) is 7.20. The summed E-state index contributed by atoms with van der Waals surface area (Å²) in [4.78, 5) is 12.0. The van der Waals surface area contributed by atoms with E-state index < -0.39 is 0 Å². The van der Waals surface area contributed by atoms with E-state index in [-0.39, 0.29) is 5.97 Å². The predicted octanol–water partition coefficient (Wildman–Crippen LogP) is 4.61. The molecule has 0 fully saturated rings. The number of hydrogen-bond donors (Lipinski definition) is 0. The van der Waals surface area contributed by atoms with E-state index in [9.17, 15) is 4.79 Å². The van der Waals surface area contributed by atoms with E-state index in [2.05, 4.69) is 28.1 Å². The van der Waals surface area contributed by atoms with Gasteiger partial charge in [0.2, 0.25) is 0 Å². The number of carbonyl (C=O) groups is 1. The van der Waals surface area contributed by atoms with Crippen molar-refractivity contribution in [2.24, 2.45) is 0 Å². The second-order valence-corrected chi connectivity index (χ2v) is 6.34. The third kappa shape index (κ3) is 3.53. The maximum atomic E-state index is 12.0. The molecule has 108 valence electrons. The van der Waals surface area contributed by atoms with Gasteiger partial charge in [0.05, 0.1) is 6.42 Å². The molecule has 0 heterocycles. The van der Waals surface area contributed by atoms with Crippen LogP contribution in [0.2, 0.25) is 0 Å². The standard InChI is InChI=1S/C18H17BrO2/c19-16-8-9-17-14(10-16)6-7-15(17)11-18(20)21-12-13-4-2-1-3-5-13/h1-5,8-10,15H,6-7,11-12H2. The number of rotatable bonds is 4. The van der Waals surface area contributed by atoms with Gasteiger partial charge in [-0.3, -0.25) is 4.79 Å². The van der Waals surface area contributed by atoms with E-state index in [0.29, 0.717) is 18.9 Å². The molecule has 3 heteroatoms. The van der Waals surface area contributed by atoms with Gasteiger partial charge >= 0.3 is 5.97 Å². The van der Waals surface area contributed by atoms with Gasteiger partial charge in [-0.1, -0.05) is 52.3 Å². The van der Waals surface area contributed by atoms with Gasteiger partial charge in [-0.05, 0) is 47.6 Å². The molecule has 0 saturated carbocycles. The van der Waals surface area contributed by atoms with Crippen LogP contribution in [0.1, 0.15) is 35.4 Å². The molecule has 1 aliphatic rings. The van der Waals surface area contributed by atoms with Crippen LogP contribution in [0.5, 0.6) is 0 Å². The molecule has 0 saturated heterocycles. The van der Waals surface area contributed by atoms with Crippen molar-refractivity contribution in [3.05, 3.63) is 69.7 Å². The average molecular weight is 345 g/mol. The number of esters is 1. The SMILES string of the molecule is O=C(CC1CCc2cc(Br)ccc21)OCc1ccccc1. The van der Waals surface area contributed by atoms with Gasteiger partial charge in [0.15, 0.2) is 0 Å². The van der Waals surface area contributed by atoms with Crippen molar-refractivity contribution in [3.8, 4) is 0 Å². The lowest BCUT2D eigenvalue weighted by molar-refractivity contribution is -0.145. The van der Waals surface area contributed by atoms with Gasteiger partial charge in [0.1, 0.15) is 6.61 Å². The maximum Gasteiger partial charge on any atom is 0.306 e. The van der Waals surface area contributed by atoms with Gasteiger partial charge in [0, 0.05) is 4.47 Å². The second kappa shape index (κ2) is 6.44. The molecule has 1 unspecified atom stereocenters. The van der Waals surface area contributed by atoms with E-state index in [1.54, 1.807) is 0 Å². The topological polar surface area (TPSA) is 26.3 Å². The minimum atomic E-state index is -0.111. The molecule has 0 N–H and O–H groups in total. The van der Waals surface area contributed by atoms with Crippen molar-refractivity contribution in [2.45, 2.75) is 31.8 Å². The smallest absolute Gasteiger partial charge is 0.306 e. The molecule has 1 atom stereocenters. The Kier molecular flexibility index (Phi) is 4.39. The van der Waals surface area contributed by atoms with Crippen LogP contribution in [0.25, 0.3) is 0 Å². The zero-order valence-corrected chi connectivity index (χ0v) is 13.3. The third-order valence-electron chi connectivity index (χ3n) is 3.96. The van der Waals surface area contributed by atoms with Crippen LogP contribution in [-0.2, 0) is 22.6 Å². The molecule has 2 nitrogen and oxygen atoms in total. The molecule has 0 spiro atoms. The fourth-order valence-electron chi connectivity index (χ4n) is 2.88. The Labute approximate surface area is 133 Å². The highest BCUT2D eigenvalue weighted by atomic mass is 79.9. The van der Waals surface area contributed by atoms with Crippen molar-refractivity contribution in [1.82, 2.24) is 0 Å². The van der Waals surface area contributed by atoms with Crippen molar-refractivity contribution in [2.75, 3.05) is 0 Å². The highest BCUT2D eigenvalue weighted by Gasteiger charge is 2.25. The highest BCUT2D eigenvalue weighted by molar-refractivity contribution is 9.10. The zero-order valence-electron chi connectivity index (χ0n) is 11.7. The summed E-state index contributed by atoms with van der Waals surface area (Å²) >= 11 is 3.49. The molecule has 0 aromatic heterocycles. The second-order valence-electron chi connectivity index (χ2n) is 5.43. The van der Waals surface area contributed by atoms with E-state index in [1.807, 2.05) is 36.4 Å². The summed E-state index contributed by atoms with van der Waals surface area (Å²) in [6, 6.07) is 16.1. The van der Waals surface area contributed by atoms with Crippen LogP contribution in [0.4, 0.5) is 0 Å². The Morgan fingerprint density at radius 1 is 1.19 bits per heavy atom. The largest absolute Gasteiger partial charge is 0.461 e. The van der Waals surface area contributed by atoms with Crippen LogP contribution in [0, 0.1) is 0 Å². The number of ether oxygens (including phenoxy) is 1. The molecule has 0 bridgehead atoms. The van der Waals surface area contributed by atoms with Crippen LogP contribution >= 0.6 is 15.9 Å². The normalized spacial score (nSPS) is 16.5. The summed E-state index contributed by atoms with van der Waals surface area (Å²) in [6.07, 6.45) is 2.55. The lowest BCUT2D eigenvalue weighted by Gasteiger charge is -2.11. The third-order valence-corrected chi connectivity index (χ3v) is 4.46. The summed E-state index contributed by atoms with van der Waals surface area (Å²) in [5, 5.41) is 0. The molecule has 0 aliphatic heterocycles. The van der Waals surface area contributed by atoms with Crippen LogP contribution < -0.4 is 0 Å². The Hall–Kier alpha value is -1.61. The number of halogens is 1. The van der Waals surface area contributed by atoms with E-state index >= 15 is 0 Å². The summed E-state index contributed by atoms with van der Waals surface area (Å²) in [5.74, 6) is 0.191. The first-order chi connectivity index (χ1) is 10.2. The van der Waals surface area contributed by atoms with Crippen LogP contribution in [0.15, 0.2) is 53.0 Å². The lowest BCUT2D eigenvalue weighted by atomic mass is 9.98. The maximum absolute atomic E-state index is 12.0. The average Bonchev–Trinajstić information content (AvgIpc) is 2.88. The van der Waals surface area contributed by atoms with Crippen molar-refractivity contribution in [3.63, 3.8) is 0 Å². The Morgan fingerprint density at radius 3 is 2.81 bits per heavy atom. The van der Waals surface area contributed by atoms with Crippen LogP contribution in [0.3, 0.4) is 0 Å². The first kappa shape index (κ1) is 14.3. The van der Waals surface area contributed by atoms with E-state index in [1.165, 1.54) is 11.1 Å². The fraction of sp³-hybridized carbons (Fsp3) is 0.278. The highest BCUT2D eigenvalue weighted by Crippen LogP contribution is 2.37. The number of benzene rings is 2. The number of hydrogen-bond acceptors (Lipinski definition) is 2. The lowest BCUT2D eigenvalue weighted by Crippen LogP contribution is -2.09. The molecular weight excluding hydrogens is 328 g/mol. The summed E-state index contributed by atoms with van der Waals surface area (Å²) < 4.78 is 6.49. The quantitative estimate of drug-likeness (QED) is 0.757. The Balaban J connectivity index is 1.57. The number of fused-ring (bicyclic) bond motifs is 1. The predicted molar refractivity (Wildman–Crippen MR) is 86.1 cm³/mol. The summed E-state index contributed by atoms with van der Waals surface area (Å²) in [7, 11) is 0. The Morgan fingerprint density at radius 2 is 2.00 bits per heavy atom. The van der Waals surface area contributed by atoms with Gasteiger partial charge in [0.25, 0.3) is 0 Å². The molecule has 3 rings (SSSR count). The van der Waals surface area contributed by atoms with Gasteiger partial charge in [-0.25, -0.2) is 0 Å². The van der Waals surface area contributed by atoms with Gasteiger partial charge < -0.3 is 4.74 Å². The fourth-order valence-corrected chi connectivity index (χ4v) is 3.29. The number of aryl methyl sites for hydroxylation is 1. The zero-order chi connectivity index (χ0) is 14.7. The summed E-state index contributed by atoms with van der Waals surface area (Å²) in [6.45, 7) is 0.361. The van der Waals surface area contributed by atoms with Crippen molar-refractivity contribution < 1.29 is 9.53 Å². The summed E-state index contributed by atoms with van der Waals surface area (Å²) in [5.41, 5.74) is 3.68. The van der Waals surface area contributed by atoms with E-state index in [4.69, 9.17) is 4.74 Å². The molecule has 1 aliphatic carbocycles.